The molecule has 1 aliphatic rings. The molecule has 3 nitrogen and oxygen atoms in total. The van der Waals surface area contributed by atoms with Gasteiger partial charge in [0, 0.05) is 13.1 Å². The predicted molar refractivity (Wildman–Crippen MR) is 45.6 cm³/mol. The van der Waals surface area contributed by atoms with E-state index in [9.17, 15) is 5.11 Å². The first kappa shape index (κ1) is 8.53. The molecule has 1 heterocycles. The summed E-state index contributed by atoms with van der Waals surface area (Å²) in [5.74, 6) is 0.977. The Morgan fingerprint density at radius 2 is 2.45 bits per heavy atom. The number of nitrogens with zero attached hydrogens (tertiary/aromatic N) is 2. The van der Waals surface area contributed by atoms with Crippen LogP contribution in [0.2, 0.25) is 0 Å². The summed E-state index contributed by atoms with van der Waals surface area (Å²) in [7, 11) is 0. The second-order valence-electron chi connectivity index (χ2n) is 2.86. The smallest absolute Gasteiger partial charge is 0.127 e. The molecule has 11 heavy (non-hydrogen) atoms. The molecule has 0 spiro atoms. The van der Waals surface area contributed by atoms with E-state index in [0.717, 1.165) is 31.8 Å². The van der Waals surface area contributed by atoms with Crippen LogP contribution in [0, 0.1) is 0 Å². The first-order chi connectivity index (χ1) is 5.25. The average Bonchev–Trinajstić information content (AvgIpc) is 2.04. The van der Waals surface area contributed by atoms with E-state index in [1.54, 1.807) is 0 Å². The fourth-order valence-corrected chi connectivity index (χ4v) is 1.32. The van der Waals surface area contributed by atoms with Crippen LogP contribution in [-0.2, 0) is 0 Å². The quantitative estimate of drug-likeness (QED) is 0.643. The van der Waals surface area contributed by atoms with E-state index < -0.39 is 0 Å². The summed E-state index contributed by atoms with van der Waals surface area (Å²) < 4.78 is 0. The summed E-state index contributed by atoms with van der Waals surface area (Å²) in [6, 6.07) is 0. The van der Waals surface area contributed by atoms with Gasteiger partial charge in [-0.3, -0.25) is 4.99 Å². The molecular formula is C8H16N2O. The lowest BCUT2D eigenvalue weighted by molar-refractivity contribution is 0.0465. The Hall–Kier alpha value is -0.570. The lowest BCUT2D eigenvalue weighted by Crippen LogP contribution is -2.41. The van der Waals surface area contributed by atoms with Gasteiger partial charge >= 0.3 is 0 Å². The molecule has 1 N–H and O–H groups in total. The lowest BCUT2D eigenvalue weighted by Gasteiger charge is -2.31. The number of amidine groups is 1. The maximum absolute atomic E-state index is 9.50. The average molecular weight is 156 g/mol. The predicted octanol–water partition coefficient (Wildman–Crippen LogP) is 0.839. The number of rotatable bonds is 2. The third-order valence-electron chi connectivity index (χ3n) is 2.04. The van der Waals surface area contributed by atoms with Crippen molar-refractivity contribution in [1.82, 2.24) is 4.90 Å². The largest absolute Gasteiger partial charge is 0.374 e. The third-order valence-corrected chi connectivity index (χ3v) is 2.04. The molecule has 0 saturated carbocycles. The zero-order valence-electron chi connectivity index (χ0n) is 7.25. The molecule has 0 saturated heterocycles. The van der Waals surface area contributed by atoms with Crippen LogP contribution < -0.4 is 0 Å². The fourth-order valence-electron chi connectivity index (χ4n) is 1.32. The van der Waals surface area contributed by atoms with E-state index in [2.05, 4.69) is 4.99 Å². The molecule has 1 aliphatic heterocycles. The van der Waals surface area contributed by atoms with Crippen molar-refractivity contribution >= 4 is 5.84 Å². The molecule has 1 atom stereocenters. The highest BCUT2D eigenvalue weighted by Crippen LogP contribution is 2.07. The topological polar surface area (TPSA) is 35.8 Å². The zero-order chi connectivity index (χ0) is 8.27. The molecule has 1 unspecified atom stereocenters. The summed E-state index contributed by atoms with van der Waals surface area (Å²) in [6.45, 7) is 5.80. The van der Waals surface area contributed by atoms with Crippen molar-refractivity contribution in [3.63, 3.8) is 0 Å². The summed E-state index contributed by atoms with van der Waals surface area (Å²) in [4.78, 5) is 6.22. The van der Waals surface area contributed by atoms with Gasteiger partial charge in [-0.1, -0.05) is 6.92 Å². The second-order valence-corrected chi connectivity index (χ2v) is 2.86. The highest BCUT2D eigenvalue weighted by Gasteiger charge is 2.16. The Morgan fingerprint density at radius 1 is 1.73 bits per heavy atom. The molecule has 3 heteroatoms. The Morgan fingerprint density at radius 3 is 3.00 bits per heavy atom. The van der Waals surface area contributed by atoms with Gasteiger partial charge in [0.25, 0.3) is 0 Å². The van der Waals surface area contributed by atoms with Gasteiger partial charge < -0.3 is 10.0 Å². The maximum Gasteiger partial charge on any atom is 0.127 e. The highest BCUT2D eigenvalue weighted by atomic mass is 16.3. The molecule has 0 aromatic carbocycles. The van der Waals surface area contributed by atoms with Crippen molar-refractivity contribution in [2.45, 2.75) is 32.9 Å². The number of hydrogen-bond donors (Lipinski definition) is 1. The van der Waals surface area contributed by atoms with E-state index >= 15 is 0 Å². The molecule has 0 aliphatic carbocycles. The van der Waals surface area contributed by atoms with Gasteiger partial charge in [-0.15, -0.1) is 0 Å². The van der Waals surface area contributed by atoms with E-state index in [4.69, 9.17) is 0 Å². The standard InChI is InChI=1S/C8H16N2O/c1-3-8(11)10-6-4-5-9-7(10)2/h8,11H,3-6H2,1-2H3. The normalized spacial score (nSPS) is 21.4. The molecule has 0 aromatic heterocycles. The Labute approximate surface area is 67.7 Å². The van der Waals surface area contributed by atoms with Gasteiger partial charge in [-0.05, 0) is 19.8 Å². The van der Waals surface area contributed by atoms with Crippen LogP contribution in [0.1, 0.15) is 26.7 Å². The molecular weight excluding hydrogens is 140 g/mol. The van der Waals surface area contributed by atoms with Crippen molar-refractivity contribution in [1.29, 1.82) is 0 Å². The fraction of sp³-hybridized carbons (Fsp3) is 0.875. The van der Waals surface area contributed by atoms with E-state index in [-0.39, 0.29) is 6.23 Å². The molecule has 0 bridgehead atoms. The summed E-state index contributed by atoms with van der Waals surface area (Å²) >= 11 is 0. The highest BCUT2D eigenvalue weighted by molar-refractivity contribution is 5.80. The zero-order valence-corrected chi connectivity index (χ0v) is 7.25. The van der Waals surface area contributed by atoms with Crippen LogP contribution in [-0.4, -0.2) is 35.2 Å². The van der Waals surface area contributed by atoms with Crippen LogP contribution in [0.4, 0.5) is 0 Å². The van der Waals surface area contributed by atoms with Crippen molar-refractivity contribution in [2.24, 2.45) is 4.99 Å². The van der Waals surface area contributed by atoms with Crippen LogP contribution in [0.15, 0.2) is 4.99 Å². The minimum Gasteiger partial charge on any atom is -0.374 e. The molecule has 0 fully saturated rings. The second kappa shape index (κ2) is 3.72. The van der Waals surface area contributed by atoms with Gasteiger partial charge in [-0.25, -0.2) is 0 Å². The summed E-state index contributed by atoms with van der Waals surface area (Å²) in [5, 5.41) is 9.50. The van der Waals surface area contributed by atoms with Crippen molar-refractivity contribution in [3.8, 4) is 0 Å². The SMILES string of the molecule is CCC(O)N1CCCN=C1C. The van der Waals surface area contributed by atoms with Gasteiger partial charge in [0.1, 0.15) is 6.23 Å². The molecule has 0 amide bonds. The van der Waals surface area contributed by atoms with Gasteiger partial charge in [0.05, 0.1) is 5.84 Å². The van der Waals surface area contributed by atoms with Gasteiger partial charge in [0.2, 0.25) is 0 Å². The molecule has 0 aromatic rings. The van der Waals surface area contributed by atoms with Crippen LogP contribution in [0.25, 0.3) is 0 Å². The molecule has 64 valence electrons. The molecule has 0 radical (unpaired) electrons. The van der Waals surface area contributed by atoms with Crippen molar-refractivity contribution < 1.29 is 5.11 Å². The Balaban J connectivity index is 2.55. The van der Waals surface area contributed by atoms with Crippen molar-refractivity contribution in [2.75, 3.05) is 13.1 Å². The summed E-state index contributed by atoms with van der Waals surface area (Å²) in [5.41, 5.74) is 0. The first-order valence-corrected chi connectivity index (χ1v) is 4.21. The first-order valence-electron chi connectivity index (χ1n) is 4.21. The van der Waals surface area contributed by atoms with E-state index in [1.165, 1.54) is 0 Å². The van der Waals surface area contributed by atoms with Crippen molar-refractivity contribution in [3.05, 3.63) is 0 Å². The van der Waals surface area contributed by atoms with E-state index in [0.29, 0.717) is 0 Å². The minimum atomic E-state index is -0.334. The molecule has 1 rings (SSSR count). The number of aliphatic hydroxyl groups excluding tert-OH is 1. The number of aliphatic imine (C=N–C) groups is 1. The monoisotopic (exact) mass is 156 g/mol. The van der Waals surface area contributed by atoms with Crippen LogP contribution in [0.5, 0.6) is 0 Å². The van der Waals surface area contributed by atoms with Crippen LogP contribution >= 0.6 is 0 Å². The van der Waals surface area contributed by atoms with Crippen LogP contribution in [0.3, 0.4) is 0 Å². The lowest BCUT2D eigenvalue weighted by atomic mass is 10.2. The minimum absolute atomic E-state index is 0.334. The number of aliphatic hydroxyl groups is 1. The van der Waals surface area contributed by atoms with Gasteiger partial charge in [-0.2, -0.15) is 0 Å². The Bertz CT molecular complexity index is 156. The maximum atomic E-state index is 9.50. The number of hydrogen-bond acceptors (Lipinski definition) is 3. The van der Waals surface area contributed by atoms with E-state index in [1.807, 2.05) is 18.7 Å². The van der Waals surface area contributed by atoms with Gasteiger partial charge in [0.15, 0.2) is 0 Å². The summed E-state index contributed by atoms with van der Waals surface area (Å²) in [6.07, 6.45) is 1.50. The third kappa shape index (κ3) is 1.93. The Kier molecular flexibility index (Phi) is 2.88.